The van der Waals surface area contributed by atoms with Crippen LogP contribution in [0.3, 0.4) is 0 Å². The predicted octanol–water partition coefficient (Wildman–Crippen LogP) is 10.9. The molecule has 0 saturated carbocycles. The van der Waals surface area contributed by atoms with Gasteiger partial charge in [-0.3, -0.25) is 4.57 Å². The third-order valence-corrected chi connectivity index (χ3v) is 9.78. The highest BCUT2D eigenvalue weighted by atomic mass is 15.1. The molecule has 0 radical (unpaired) electrons. The summed E-state index contributed by atoms with van der Waals surface area (Å²) in [4.78, 5) is 15.4. The molecule has 52 heavy (non-hydrogen) atoms. The Morgan fingerprint density at radius 1 is 0.442 bits per heavy atom. The van der Waals surface area contributed by atoms with E-state index in [1.54, 1.807) is 0 Å². The third kappa shape index (κ3) is 4.68. The zero-order valence-corrected chi connectivity index (χ0v) is 27.8. The van der Waals surface area contributed by atoms with Gasteiger partial charge in [-0.25, -0.2) is 15.0 Å². The van der Waals surface area contributed by atoms with E-state index in [0.29, 0.717) is 17.1 Å². The van der Waals surface area contributed by atoms with Gasteiger partial charge in [-0.1, -0.05) is 109 Å². The molecule has 0 aliphatic rings. The molecular weight excluding hydrogens is 637 g/mol. The molecule has 242 valence electrons. The van der Waals surface area contributed by atoms with Gasteiger partial charge in [0.05, 0.1) is 50.8 Å². The molecule has 0 saturated heterocycles. The fraction of sp³-hybridized carbons (Fsp3) is 0. The molecule has 4 heterocycles. The number of nitriles is 1. The first kappa shape index (κ1) is 29.5. The molecule has 0 unspecified atom stereocenters. The summed E-state index contributed by atoms with van der Waals surface area (Å²) in [5, 5.41) is 14.1. The van der Waals surface area contributed by atoms with Crippen molar-refractivity contribution in [1.82, 2.24) is 24.1 Å². The normalized spacial score (nSPS) is 11.4. The van der Waals surface area contributed by atoms with E-state index in [1.165, 1.54) is 21.5 Å². The first-order chi connectivity index (χ1) is 25.7. The quantitative estimate of drug-likeness (QED) is 0.184. The average Bonchev–Trinajstić information content (AvgIpc) is 3.74. The molecule has 6 aromatic carbocycles. The highest BCUT2D eigenvalue weighted by Gasteiger charge is 2.21. The molecule has 6 heteroatoms. The molecule has 0 spiro atoms. The second kappa shape index (κ2) is 11.9. The molecule has 0 aliphatic heterocycles. The number of nitrogens with zero attached hydrogens (tertiary/aromatic N) is 6. The van der Waals surface area contributed by atoms with Crippen LogP contribution in [0.2, 0.25) is 0 Å². The molecular formula is C46H28N6. The van der Waals surface area contributed by atoms with Crippen LogP contribution in [-0.4, -0.2) is 24.1 Å². The van der Waals surface area contributed by atoms with E-state index >= 15 is 0 Å². The Bertz CT molecular complexity index is 3010. The lowest BCUT2D eigenvalue weighted by Crippen LogP contribution is -2.01. The molecule has 0 bridgehead atoms. The summed E-state index contributed by atoms with van der Waals surface area (Å²) in [5.74, 6) is 1.41. The molecule has 0 aliphatic carbocycles. The number of rotatable bonds is 5. The molecule has 0 fully saturated rings. The smallest absolute Gasteiger partial charge is 0.160 e. The predicted molar refractivity (Wildman–Crippen MR) is 210 cm³/mol. The van der Waals surface area contributed by atoms with E-state index in [0.717, 1.165) is 56.1 Å². The summed E-state index contributed by atoms with van der Waals surface area (Å²) in [5.41, 5.74) is 10.2. The first-order valence-electron chi connectivity index (χ1n) is 17.2. The molecule has 4 aromatic heterocycles. The number of para-hydroxylation sites is 3. The van der Waals surface area contributed by atoms with Gasteiger partial charge in [0.2, 0.25) is 0 Å². The van der Waals surface area contributed by atoms with Crippen molar-refractivity contribution in [3.63, 3.8) is 0 Å². The summed E-state index contributed by atoms with van der Waals surface area (Å²) in [7, 11) is 0. The van der Waals surface area contributed by atoms with Gasteiger partial charge in [-0.2, -0.15) is 5.26 Å². The van der Waals surface area contributed by atoms with E-state index in [9.17, 15) is 5.26 Å². The van der Waals surface area contributed by atoms with Crippen molar-refractivity contribution in [2.24, 2.45) is 0 Å². The van der Waals surface area contributed by atoms with E-state index in [4.69, 9.17) is 15.0 Å². The largest absolute Gasteiger partial charge is 0.309 e. The Kier molecular flexibility index (Phi) is 6.76. The summed E-state index contributed by atoms with van der Waals surface area (Å²) >= 11 is 0. The van der Waals surface area contributed by atoms with Crippen LogP contribution in [-0.2, 0) is 0 Å². The van der Waals surface area contributed by atoms with Gasteiger partial charge in [0.25, 0.3) is 0 Å². The van der Waals surface area contributed by atoms with Crippen molar-refractivity contribution in [2.45, 2.75) is 0 Å². The summed E-state index contributed by atoms with van der Waals surface area (Å²) in [6.07, 6.45) is 0. The lowest BCUT2D eigenvalue weighted by molar-refractivity contribution is 1.08. The van der Waals surface area contributed by atoms with Crippen LogP contribution in [0, 0.1) is 11.3 Å². The van der Waals surface area contributed by atoms with Crippen molar-refractivity contribution < 1.29 is 0 Å². The van der Waals surface area contributed by atoms with Gasteiger partial charge >= 0.3 is 0 Å². The van der Waals surface area contributed by atoms with Crippen LogP contribution >= 0.6 is 0 Å². The van der Waals surface area contributed by atoms with Crippen molar-refractivity contribution in [3.05, 3.63) is 175 Å². The molecule has 0 amide bonds. The molecule has 0 atom stereocenters. The maximum absolute atomic E-state index is 9.40. The van der Waals surface area contributed by atoms with E-state index in [-0.39, 0.29) is 0 Å². The van der Waals surface area contributed by atoms with Gasteiger partial charge < -0.3 is 4.57 Å². The number of aromatic nitrogens is 5. The van der Waals surface area contributed by atoms with Gasteiger partial charge in [0.1, 0.15) is 5.82 Å². The second-order valence-corrected chi connectivity index (χ2v) is 12.8. The van der Waals surface area contributed by atoms with E-state index < -0.39 is 0 Å². The van der Waals surface area contributed by atoms with Gasteiger partial charge in [-0.15, -0.1) is 0 Å². The average molecular weight is 665 g/mol. The van der Waals surface area contributed by atoms with Crippen molar-refractivity contribution in [3.8, 4) is 51.6 Å². The zero-order valence-electron chi connectivity index (χ0n) is 27.8. The SMILES string of the molecule is N#Cc1ccc(-c2cc(-c3cccc(-n4c5ccccc5c5ccc6c(c7ccccc7n6-c6ccccc6)c54)n3)nc(-c3ccccc3)n2)cc1. The maximum atomic E-state index is 9.40. The van der Waals surface area contributed by atoms with Crippen LogP contribution in [0.5, 0.6) is 0 Å². The standard InChI is InChI=1S/C46H28N6/c47-29-30-22-24-31(25-23-30)38-28-39(50-46(49-38)32-12-3-1-4-13-32)37-18-11-21-43(48-37)52-40-19-9-7-16-34(40)35-26-27-42-44(45(35)52)36-17-8-10-20-41(36)51(42)33-14-5-2-6-15-33/h1-28H. The van der Waals surface area contributed by atoms with Gasteiger partial charge in [0.15, 0.2) is 5.82 Å². The monoisotopic (exact) mass is 664 g/mol. The number of fused-ring (bicyclic) bond motifs is 7. The summed E-state index contributed by atoms with van der Waals surface area (Å²) in [6, 6.07) is 60.1. The minimum atomic E-state index is 0.600. The highest BCUT2D eigenvalue weighted by Crippen LogP contribution is 2.42. The topological polar surface area (TPSA) is 72.3 Å². The fourth-order valence-electron chi connectivity index (χ4n) is 7.45. The lowest BCUT2D eigenvalue weighted by Gasteiger charge is -2.12. The minimum absolute atomic E-state index is 0.600. The van der Waals surface area contributed by atoms with Crippen LogP contribution in [0.25, 0.3) is 89.2 Å². The lowest BCUT2D eigenvalue weighted by atomic mass is 10.1. The van der Waals surface area contributed by atoms with E-state index in [2.05, 4.69) is 118 Å². The molecule has 10 rings (SSSR count). The number of benzene rings is 6. The number of hydrogen-bond acceptors (Lipinski definition) is 4. The molecule has 6 nitrogen and oxygen atoms in total. The molecule has 0 N–H and O–H groups in total. The third-order valence-electron chi connectivity index (χ3n) is 9.78. The Morgan fingerprint density at radius 3 is 1.88 bits per heavy atom. The van der Waals surface area contributed by atoms with E-state index in [1.807, 2.05) is 66.7 Å². The van der Waals surface area contributed by atoms with Crippen LogP contribution in [0.1, 0.15) is 5.56 Å². The minimum Gasteiger partial charge on any atom is -0.309 e. The van der Waals surface area contributed by atoms with Crippen molar-refractivity contribution in [1.29, 1.82) is 5.26 Å². The maximum Gasteiger partial charge on any atom is 0.160 e. The number of pyridine rings is 1. The van der Waals surface area contributed by atoms with Crippen molar-refractivity contribution in [2.75, 3.05) is 0 Å². The fourth-order valence-corrected chi connectivity index (χ4v) is 7.45. The van der Waals surface area contributed by atoms with Gasteiger partial charge in [-0.05, 0) is 60.7 Å². The Balaban J connectivity index is 1.24. The van der Waals surface area contributed by atoms with Crippen LogP contribution in [0.15, 0.2) is 170 Å². The van der Waals surface area contributed by atoms with Crippen molar-refractivity contribution >= 4 is 43.6 Å². The molecule has 10 aromatic rings. The Morgan fingerprint density at radius 2 is 1.12 bits per heavy atom. The Hall–Kier alpha value is -7.36. The highest BCUT2D eigenvalue weighted by molar-refractivity contribution is 6.26. The summed E-state index contributed by atoms with van der Waals surface area (Å²) < 4.78 is 4.66. The zero-order chi connectivity index (χ0) is 34.6. The number of hydrogen-bond donors (Lipinski definition) is 0. The first-order valence-corrected chi connectivity index (χ1v) is 17.2. The Labute approximate surface area is 299 Å². The van der Waals surface area contributed by atoms with Gasteiger partial charge in [0, 0.05) is 38.4 Å². The van der Waals surface area contributed by atoms with Crippen LogP contribution < -0.4 is 0 Å². The van der Waals surface area contributed by atoms with Crippen LogP contribution in [0.4, 0.5) is 0 Å². The second-order valence-electron chi connectivity index (χ2n) is 12.8. The summed E-state index contributed by atoms with van der Waals surface area (Å²) in [6.45, 7) is 0.